The maximum atomic E-state index is 6.19. The average molecular weight is 246 g/mol. The summed E-state index contributed by atoms with van der Waals surface area (Å²) in [7, 11) is -2.86. The van der Waals surface area contributed by atoms with Crippen molar-refractivity contribution >= 4 is 22.5 Å². The molecule has 0 saturated heterocycles. The van der Waals surface area contributed by atoms with E-state index in [0.29, 0.717) is 0 Å². The minimum atomic E-state index is -1.49. The van der Waals surface area contributed by atoms with Crippen molar-refractivity contribution < 1.29 is 4.43 Å². The van der Waals surface area contributed by atoms with Crippen molar-refractivity contribution in [3.8, 4) is 0 Å². The molecule has 2 nitrogen and oxygen atoms in total. The predicted molar refractivity (Wildman–Crippen MR) is 74.7 cm³/mol. The van der Waals surface area contributed by atoms with Crippen LogP contribution in [0.3, 0.4) is 0 Å². The Morgan fingerprint density at radius 3 is 1.67 bits per heavy atom. The second-order valence-corrected chi connectivity index (χ2v) is 14.4. The summed E-state index contributed by atoms with van der Waals surface area (Å²) in [5, 5.41) is 0. The zero-order valence-corrected chi connectivity index (χ0v) is 13.5. The van der Waals surface area contributed by atoms with E-state index in [9.17, 15) is 0 Å². The summed E-state index contributed by atoms with van der Waals surface area (Å²) in [5.41, 5.74) is 0. The van der Waals surface area contributed by atoms with Gasteiger partial charge in [-0.1, -0.05) is 20.8 Å². The van der Waals surface area contributed by atoms with Crippen LogP contribution in [0, 0.1) is 0 Å². The summed E-state index contributed by atoms with van der Waals surface area (Å²) in [4.78, 5) is 0. The highest BCUT2D eigenvalue weighted by atomic mass is 28.4. The molecule has 0 aliphatic heterocycles. The Kier molecular flexibility index (Phi) is 5.81. The quantitative estimate of drug-likeness (QED) is 0.403. The third kappa shape index (κ3) is 5.51. The fraction of sp³-hybridized carbons (Fsp3) is 0.909. The summed E-state index contributed by atoms with van der Waals surface area (Å²) in [6.45, 7) is 15.5. The topological polar surface area (TPSA) is 21.6 Å². The molecular formula is C11H27NOSi2. The monoisotopic (exact) mass is 245 g/mol. The molecule has 0 saturated carbocycles. The van der Waals surface area contributed by atoms with Crippen LogP contribution in [-0.4, -0.2) is 22.5 Å². The first-order valence-corrected chi connectivity index (χ1v) is 12.0. The van der Waals surface area contributed by atoms with Gasteiger partial charge in [-0.3, -0.25) is 4.66 Å². The second-order valence-electron chi connectivity index (χ2n) is 5.15. The average Bonchev–Trinajstić information content (AvgIpc) is 2.11. The molecule has 0 aromatic rings. The lowest BCUT2D eigenvalue weighted by Gasteiger charge is -2.29. The summed E-state index contributed by atoms with van der Waals surface area (Å²) in [6.07, 6.45) is 0. The van der Waals surface area contributed by atoms with Gasteiger partial charge in [-0.2, -0.15) is 0 Å². The SMILES string of the molecule is CC[Si](CC)(CC)OC(C)=N[Si](C)(C)C. The molecule has 90 valence electrons. The fourth-order valence-electron chi connectivity index (χ4n) is 1.77. The van der Waals surface area contributed by atoms with Crippen molar-refractivity contribution in [1.82, 2.24) is 0 Å². The Morgan fingerprint density at radius 1 is 1.00 bits per heavy atom. The molecule has 0 atom stereocenters. The lowest BCUT2D eigenvalue weighted by atomic mass is 10.8. The highest BCUT2D eigenvalue weighted by Crippen LogP contribution is 2.22. The van der Waals surface area contributed by atoms with Crippen molar-refractivity contribution in [1.29, 1.82) is 0 Å². The van der Waals surface area contributed by atoms with E-state index in [2.05, 4.69) is 40.4 Å². The molecule has 0 aromatic carbocycles. The molecule has 15 heavy (non-hydrogen) atoms. The molecule has 0 rings (SSSR count). The maximum Gasteiger partial charge on any atom is 0.251 e. The molecule has 0 radical (unpaired) electrons. The van der Waals surface area contributed by atoms with Gasteiger partial charge in [0.05, 0.1) is 0 Å². The number of hydrogen-bond acceptors (Lipinski definition) is 2. The van der Waals surface area contributed by atoms with E-state index in [0.717, 1.165) is 5.90 Å². The van der Waals surface area contributed by atoms with Crippen LogP contribution in [0.2, 0.25) is 37.8 Å². The molecule has 0 bridgehead atoms. The van der Waals surface area contributed by atoms with Crippen molar-refractivity contribution in [2.45, 2.75) is 65.5 Å². The molecule has 0 aromatic heterocycles. The number of hydrogen-bond donors (Lipinski definition) is 0. The van der Waals surface area contributed by atoms with Gasteiger partial charge in [-0.05, 0) is 37.8 Å². The van der Waals surface area contributed by atoms with E-state index >= 15 is 0 Å². The van der Waals surface area contributed by atoms with Crippen molar-refractivity contribution in [3.05, 3.63) is 0 Å². The normalized spacial score (nSPS) is 14.2. The van der Waals surface area contributed by atoms with E-state index in [4.69, 9.17) is 9.08 Å². The lowest BCUT2D eigenvalue weighted by Crippen LogP contribution is -2.38. The molecule has 0 fully saturated rings. The zero-order chi connectivity index (χ0) is 12.1. The van der Waals surface area contributed by atoms with Crippen molar-refractivity contribution in [2.24, 2.45) is 4.66 Å². The van der Waals surface area contributed by atoms with E-state index in [-0.39, 0.29) is 0 Å². The van der Waals surface area contributed by atoms with E-state index < -0.39 is 16.6 Å². The van der Waals surface area contributed by atoms with E-state index in [1.807, 2.05) is 6.92 Å². The Bertz CT molecular complexity index is 209. The van der Waals surface area contributed by atoms with Gasteiger partial charge in [-0.25, -0.2) is 0 Å². The first-order valence-electron chi connectivity index (χ1n) is 6.04. The lowest BCUT2D eigenvalue weighted by molar-refractivity contribution is 0.523. The molecule has 0 N–H and O–H groups in total. The standard InChI is InChI=1S/C11H27NOSi2/c1-8-15(9-2,10-3)13-11(4)12-14(5,6)7/h8-10H2,1-7H3. The third-order valence-corrected chi connectivity index (χ3v) is 8.37. The van der Waals surface area contributed by atoms with Crippen LogP contribution in [-0.2, 0) is 4.43 Å². The van der Waals surface area contributed by atoms with Crippen LogP contribution < -0.4 is 0 Å². The molecule has 0 amide bonds. The van der Waals surface area contributed by atoms with E-state index in [1.54, 1.807) is 0 Å². The minimum absolute atomic E-state index is 0.936. The molecule has 0 heterocycles. The summed E-state index contributed by atoms with van der Waals surface area (Å²) in [6, 6.07) is 3.58. The van der Waals surface area contributed by atoms with Gasteiger partial charge >= 0.3 is 0 Å². The van der Waals surface area contributed by atoms with Crippen molar-refractivity contribution in [3.63, 3.8) is 0 Å². The van der Waals surface area contributed by atoms with Crippen LogP contribution in [0.25, 0.3) is 0 Å². The minimum Gasteiger partial charge on any atom is -0.535 e. The van der Waals surface area contributed by atoms with Gasteiger partial charge < -0.3 is 4.43 Å². The fourth-order valence-corrected chi connectivity index (χ4v) is 5.46. The maximum absolute atomic E-state index is 6.19. The predicted octanol–water partition coefficient (Wildman–Crippen LogP) is 4.26. The first kappa shape index (κ1) is 14.9. The van der Waals surface area contributed by atoms with Crippen LogP contribution in [0.4, 0.5) is 0 Å². The highest BCUT2D eigenvalue weighted by Gasteiger charge is 2.31. The van der Waals surface area contributed by atoms with Gasteiger partial charge in [0, 0.05) is 6.92 Å². The first-order chi connectivity index (χ1) is 6.78. The Morgan fingerprint density at radius 2 is 1.40 bits per heavy atom. The number of rotatable bonds is 5. The Hall–Kier alpha value is -0.0962. The molecule has 4 heteroatoms. The van der Waals surface area contributed by atoms with Gasteiger partial charge in [0.15, 0.2) is 14.1 Å². The van der Waals surface area contributed by atoms with Crippen LogP contribution >= 0.6 is 0 Å². The van der Waals surface area contributed by atoms with Crippen LogP contribution in [0.1, 0.15) is 27.7 Å². The third-order valence-electron chi connectivity index (χ3n) is 2.79. The summed E-state index contributed by atoms with van der Waals surface area (Å²) >= 11 is 0. The molecule has 0 spiro atoms. The summed E-state index contributed by atoms with van der Waals surface area (Å²) in [5.74, 6) is 0.936. The molecule has 0 aliphatic rings. The van der Waals surface area contributed by atoms with Crippen LogP contribution in [0.5, 0.6) is 0 Å². The molecule has 0 unspecified atom stereocenters. The zero-order valence-electron chi connectivity index (χ0n) is 11.5. The summed E-state index contributed by atoms with van der Waals surface area (Å²) < 4.78 is 10.9. The van der Waals surface area contributed by atoms with E-state index in [1.165, 1.54) is 18.1 Å². The highest BCUT2D eigenvalue weighted by molar-refractivity contribution is 6.77. The largest absolute Gasteiger partial charge is 0.535 e. The Balaban J connectivity index is 4.62. The van der Waals surface area contributed by atoms with Gasteiger partial charge in [-0.15, -0.1) is 0 Å². The number of nitrogens with zero attached hydrogens (tertiary/aromatic N) is 1. The van der Waals surface area contributed by atoms with Gasteiger partial charge in [0.1, 0.15) is 0 Å². The second kappa shape index (κ2) is 5.84. The van der Waals surface area contributed by atoms with Gasteiger partial charge in [0.25, 0.3) is 8.32 Å². The van der Waals surface area contributed by atoms with Gasteiger partial charge in [0.2, 0.25) is 0 Å². The Labute approximate surface area is 97.4 Å². The molecule has 0 aliphatic carbocycles. The smallest absolute Gasteiger partial charge is 0.251 e. The molecular weight excluding hydrogens is 218 g/mol. The van der Waals surface area contributed by atoms with Crippen LogP contribution in [0.15, 0.2) is 4.66 Å². The van der Waals surface area contributed by atoms with Crippen molar-refractivity contribution in [2.75, 3.05) is 0 Å².